The lowest BCUT2D eigenvalue weighted by Gasteiger charge is -2.21. The number of rotatable bonds is 5. The van der Waals surface area contributed by atoms with Crippen LogP contribution in [0.2, 0.25) is 0 Å². The average Bonchev–Trinajstić information content (AvgIpc) is 2.21. The number of hydrogen-bond acceptors (Lipinski definition) is 2. The second-order valence-corrected chi connectivity index (χ2v) is 4.30. The summed E-state index contributed by atoms with van der Waals surface area (Å²) in [6, 6.07) is 9.05. The molecule has 0 atom stereocenters. The van der Waals surface area contributed by atoms with Crippen LogP contribution in [-0.2, 0) is 13.0 Å². The maximum Gasteiger partial charge on any atom is 0.0471 e. The van der Waals surface area contributed by atoms with Crippen LogP contribution in [0, 0.1) is 0 Å². The predicted octanol–water partition coefficient (Wildman–Crippen LogP) is 2.06. The lowest BCUT2D eigenvalue weighted by Crippen LogP contribution is -2.25. The Kier molecular flexibility index (Phi) is 4.79. The summed E-state index contributed by atoms with van der Waals surface area (Å²) in [5.74, 6) is 0. The molecule has 15 heavy (non-hydrogen) atoms. The highest BCUT2D eigenvalue weighted by Gasteiger charge is 2.03. The zero-order valence-corrected chi connectivity index (χ0v) is 9.90. The Morgan fingerprint density at radius 2 is 1.67 bits per heavy atom. The minimum Gasteiger partial charge on any atom is -0.396 e. The monoisotopic (exact) mass is 207 g/mol. The van der Waals surface area contributed by atoms with E-state index in [0.29, 0.717) is 6.04 Å². The third kappa shape index (κ3) is 4.02. The summed E-state index contributed by atoms with van der Waals surface area (Å²) >= 11 is 0. The summed E-state index contributed by atoms with van der Waals surface area (Å²) in [7, 11) is 2.13. The van der Waals surface area contributed by atoms with E-state index in [9.17, 15) is 0 Å². The molecular weight excluding hydrogens is 186 g/mol. The molecule has 1 N–H and O–H groups in total. The van der Waals surface area contributed by atoms with E-state index in [-0.39, 0.29) is 6.61 Å². The van der Waals surface area contributed by atoms with Crippen molar-refractivity contribution in [2.24, 2.45) is 0 Å². The molecule has 0 radical (unpaired) electrons. The van der Waals surface area contributed by atoms with Gasteiger partial charge in [0.25, 0.3) is 0 Å². The van der Waals surface area contributed by atoms with E-state index >= 15 is 0 Å². The van der Waals surface area contributed by atoms with Crippen LogP contribution in [0.1, 0.15) is 25.0 Å². The fourth-order valence-corrected chi connectivity index (χ4v) is 1.41. The van der Waals surface area contributed by atoms with Crippen LogP contribution in [0.4, 0.5) is 0 Å². The first-order valence-corrected chi connectivity index (χ1v) is 5.52. The van der Waals surface area contributed by atoms with Gasteiger partial charge in [-0.05, 0) is 38.4 Å². The highest BCUT2D eigenvalue weighted by atomic mass is 16.2. The van der Waals surface area contributed by atoms with Crippen molar-refractivity contribution in [3.8, 4) is 0 Å². The van der Waals surface area contributed by atoms with Gasteiger partial charge in [0.05, 0.1) is 0 Å². The summed E-state index contributed by atoms with van der Waals surface area (Å²) in [4.78, 5) is 2.31. The van der Waals surface area contributed by atoms with Gasteiger partial charge in [0, 0.05) is 19.2 Å². The standard InChI is InChI=1S/C13H21NO/c1-11(2)14(3)10-13-6-4-12(5-7-13)8-9-15/h4-7,11,15H,8-10H2,1-3H3. The normalized spacial score (nSPS) is 11.3. The molecule has 0 heterocycles. The first kappa shape index (κ1) is 12.2. The molecule has 0 saturated heterocycles. The minimum atomic E-state index is 0.227. The third-order valence-electron chi connectivity index (χ3n) is 2.74. The molecule has 2 heteroatoms. The summed E-state index contributed by atoms with van der Waals surface area (Å²) in [6.07, 6.45) is 0.750. The summed E-state index contributed by atoms with van der Waals surface area (Å²) < 4.78 is 0. The molecule has 0 saturated carbocycles. The maximum absolute atomic E-state index is 8.80. The molecule has 0 amide bonds. The van der Waals surface area contributed by atoms with Crippen molar-refractivity contribution in [1.29, 1.82) is 0 Å². The Morgan fingerprint density at radius 3 is 2.13 bits per heavy atom. The van der Waals surface area contributed by atoms with Crippen LogP contribution < -0.4 is 0 Å². The zero-order valence-electron chi connectivity index (χ0n) is 9.90. The van der Waals surface area contributed by atoms with Crippen molar-refractivity contribution in [2.45, 2.75) is 32.9 Å². The number of aliphatic hydroxyl groups excluding tert-OH is 1. The molecule has 2 nitrogen and oxygen atoms in total. The van der Waals surface area contributed by atoms with Gasteiger partial charge in [0.15, 0.2) is 0 Å². The van der Waals surface area contributed by atoms with Crippen LogP contribution >= 0.6 is 0 Å². The van der Waals surface area contributed by atoms with Crippen molar-refractivity contribution in [3.63, 3.8) is 0 Å². The van der Waals surface area contributed by atoms with Crippen molar-refractivity contribution in [2.75, 3.05) is 13.7 Å². The summed E-state index contributed by atoms with van der Waals surface area (Å²) in [5, 5.41) is 8.80. The molecule has 0 aliphatic rings. The van der Waals surface area contributed by atoms with Crippen LogP contribution in [0.5, 0.6) is 0 Å². The van der Waals surface area contributed by atoms with Gasteiger partial charge in [-0.1, -0.05) is 24.3 Å². The number of hydrogen-bond donors (Lipinski definition) is 1. The number of benzene rings is 1. The molecule has 0 spiro atoms. The number of nitrogens with zero attached hydrogens (tertiary/aromatic N) is 1. The first-order chi connectivity index (χ1) is 7.13. The SMILES string of the molecule is CC(C)N(C)Cc1ccc(CCO)cc1. The van der Waals surface area contributed by atoms with Gasteiger partial charge in [-0.25, -0.2) is 0 Å². The molecular formula is C13H21NO. The Hall–Kier alpha value is -0.860. The lowest BCUT2D eigenvalue weighted by atomic mass is 10.1. The largest absolute Gasteiger partial charge is 0.396 e. The van der Waals surface area contributed by atoms with Gasteiger partial charge in [-0.3, -0.25) is 4.90 Å². The molecule has 84 valence electrons. The van der Waals surface area contributed by atoms with E-state index in [1.54, 1.807) is 0 Å². The Balaban J connectivity index is 2.56. The summed E-state index contributed by atoms with van der Waals surface area (Å²) in [5.41, 5.74) is 2.53. The average molecular weight is 207 g/mol. The van der Waals surface area contributed by atoms with Gasteiger partial charge < -0.3 is 5.11 Å². The fourth-order valence-electron chi connectivity index (χ4n) is 1.41. The maximum atomic E-state index is 8.80. The Labute approximate surface area is 92.5 Å². The molecule has 0 aliphatic heterocycles. The van der Waals surface area contributed by atoms with E-state index in [1.807, 2.05) is 0 Å². The van der Waals surface area contributed by atoms with Gasteiger partial charge in [-0.15, -0.1) is 0 Å². The van der Waals surface area contributed by atoms with Crippen molar-refractivity contribution < 1.29 is 5.11 Å². The van der Waals surface area contributed by atoms with Gasteiger partial charge >= 0.3 is 0 Å². The van der Waals surface area contributed by atoms with Crippen LogP contribution in [0.25, 0.3) is 0 Å². The molecule has 1 aromatic carbocycles. The van der Waals surface area contributed by atoms with Gasteiger partial charge in [0.2, 0.25) is 0 Å². The Bertz CT molecular complexity index is 279. The third-order valence-corrected chi connectivity index (χ3v) is 2.74. The highest BCUT2D eigenvalue weighted by molar-refractivity contribution is 5.22. The van der Waals surface area contributed by atoms with Crippen LogP contribution in [0.3, 0.4) is 0 Å². The second-order valence-electron chi connectivity index (χ2n) is 4.30. The predicted molar refractivity (Wildman–Crippen MR) is 63.8 cm³/mol. The van der Waals surface area contributed by atoms with E-state index in [4.69, 9.17) is 5.11 Å². The lowest BCUT2D eigenvalue weighted by molar-refractivity contribution is 0.266. The Morgan fingerprint density at radius 1 is 1.13 bits per heavy atom. The molecule has 0 fully saturated rings. The van der Waals surface area contributed by atoms with Crippen molar-refractivity contribution >= 4 is 0 Å². The topological polar surface area (TPSA) is 23.5 Å². The smallest absolute Gasteiger partial charge is 0.0471 e. The molecule has 0 unspecified atom stereocenters. The van der Waals surface area contributed by atoms with Gasteiger partial charge in [0.1, 0.15) is 0 Å². The minimum absolute atomic E-state index is 0.227. The molecule has 1 rings (SSSR count). The van der Waals surface area contributed by atoms with E-state index in [2.05, 4.69) is 50.1 Å². The van der Waals surface area contributed by atoms with Crippen LogP contribution in [0.15, 0.2) is 24.3 Å². The number of aliphatic hydroxyl groups is 1. The zero-order chi connectivity index (χ0) is 11.3. The molecule has 0 bridgehead atoms. The molecule has 0 aliphatic carbocycles. The summed E-state index contributed by atoms with van der Waals surface area (Å²) in [6.45, 7) is 5.60. The fraction of sp³-hybridized carbons (Fsp3) is 0.538. The van der Waals surface area contributed by atoms with Crippen molar-refractivity contribution in [1.82, 2.24) is 4.90 Å². The molecule has 0 aromatic heterocycles. The second kappa shape index (κ2) is 5.89. The van der Waals surface area contributed by atoms with Crippen LogP contribution in [-0.4, -0.2) is 29.7 Å². The highest BCUT2D eigenvalue weighted by Crippen LogP contribution is 2.08. The first-order valence-electron chi connectivity index (χ1n) is 5.52. The van der Waals surface area contributed by atoms with Gasteiger partial charge in [-0.2, -0.15) is 0 Å². The molecule has 1 aromatic rings. The van der Waals surface area contributed by atoms with E-state index in [0.717, 1.165) is 13.0 Å². The van der Waals surface area contributed by atoms with E-state index in [1.165, 1.54) is 11.1 Å². The van der Waals surface area contributed by atoms with Crippen molar-refractivity contribution in [3.05, 3.63) is 35.4 Å². The quantitative estimate of drug-likeness (QED) is 0.799. The van der Waals surface area contributed by atoms with E-state index < -0.39 is 0 Å².